The molecule has 9 heteroatoms. The summed E-state index contributed by atoms with van der Waals surface area (Å²) >= 11 is 1.40. The third-order valence-electron chi connectivity index (χ3n) is 3.19. The normalized spacial score (nSPS) is 10.1. The molecule has 3 amide bonds. The van der Waals surface area contributed by atoms with E-state index in [1.165, 1.54) is 11.3 Å². The number of rotatable bonds is 7. The third-order valence-corrected chi connectivity index (χ3v) is 3.87. The Balaban J connectivity index is 1.64. The van der Waals surface area contributed by atoms with Crippen LogP contribution < -0.4 is 10.6 Å². The second-order valence-electron chi connectivity index (χ2n) is 5.06. The van der Waals surface area contributed by atoms with E-state index in [2.05, 4.69) is 10.6 Å². The Morgan fingerprint density at radius 3 is 2.64 bits per heavy atom. The molecule has 2 N–H and O–H groups in total. The standard InChI is InChI=1S/C16H17N3O5S/c1-19-7-2-3-12(19)16(23)18-13(20)9-24-14(21)4-6-17-15(22)11-5-8-25-10-11/h2-3,5,7-8,10H,4,6,9H2,1H3,(H,17,22)(H,18,20,23). The molecule has 0 fully saturated rings. The number of aromatic nitrogens is 1. The van der Waals surface area contributed by atoms with Crippen LogP contribution in [-0.4, -0.2) is 41.4 Å². The van der Waals surface area contributed by atoms with Crippen LogP contribution in [0.3, 0.4) is 0 Å². The number of amides is 3. The molecule has 0 aromatic carbocycles. The molecule has 2 aromatic rings. The fraction of sp³-hybridized carbons (Fsp3) is 0.250. The largest absolute Gasteiger partial charge is 0.456 e. The number of carbonyl (C=O) groups excluding carboxylic acids is 4. The molecule has 2 aromatic heterocycles. The molecule has 0 aliphatic heterocycles. The van der Waals surface area contributed by atoms with Crippen molar-refractivity contribution in [1.82, 2.24) is 15.2 Å². The Bertz CT molecular complexity index is 767. The quantitative estimate of drug-likeness (QED) is 0.705. The highest BCUT2D eigenvalue weighted by molar-refractivity contribution is 7.08. The zero-order chi connectivity index (χ0) is 18.2. The first kappa shape index (κ1) is 18.4. The number of esters is 1. The van der Waals surface area contributed by atoms with Crippen molar-refractivity contribution in [3.8, 4) is 0 Å². The van der Waals surface area contributed by atoms with Gasteiger partial charge in [0.05, 0.1) is 6.42 Å². The number of aryl methyl sites for hydroxylation is 1. The van der Waals surface area contributed by atoms with Gasteiger partial charge in [0.25, 0.3) is 17.7 Å². The number of hydrogen-bond acceptors (Lipinski definition) is 6. The van der Waals surface area contributed by atoms with Gasteiger partial charge in [0.1, 0.15) is 5.69 Å². The molecule has 0 atom stereocenters. The van der Waals surface area contributed by atoms with Crippen molar-refractivity contribution in [3.63, 3.8) is 0 Å². The molecule has 0 unspecified atom stereocenters. The fourth-order valence-electron chi connectivity index (χ4n) is 1.92. The van der Waals surface area contributed by atoms with Gasteiger partial charge in [0.15, 0.2) is 6.61 Å². The molecular formula is C16H17N3O5S. The van der Waals surface area contributed by atoms with Crippen LogP contribution in [0.4, 0.5) is 0 Å². The lowest BCUT2D eigenvalue weighted by Crippen LogP contribution is -2.35. The average Bonchev–Trinajstić information content (AvgIpc) is 3.24. The minimum atomic E-state index is -0.721. The molecule has 132 valence electrons. The lowest BCUT2D eigenvalue weighted by molar-refractivity contribution is -0.148. The van der Waals surface area contributed by atoms with E-state index in [0.29, 0.717) is 11.3 Å². The highest BCUT2D eigenvalue weighted by atomic mass is 32.1. The van der Waals surface area contributed by atoms with Crippen LogP contribution in [0.5, 0.6) is 0 Å². The Morgan fingerprint density at radius 1 is 1.20 bits per heavy atom. The van der Waals surface area contributed by atoms with Crippen molar-refractivity contribution in [1.29, 1.82) is 0 Å². The summed E-state index contributed by atoms with van der Waals surface area (Å²) in [5.41, 5.74) is 0.841. The molecule has 0 bridgehead atoms. The smallest absolute Gasteiger partial charge is 0.308 e. The Hall–Kier alpha value is -2.94. The van der Waals surface area contributed by atoms with Gasteiger partial charge in [-0.2, -0.15) is 11.3 Å². The lowest BCUT2D eigenvalue weighted by Gasteiger charge is -2.07. The van der Waals surface area contributed by atoms with Crippen molar-refractivity contribution in [2.24, 2.45) is 7.05 Å². The van der Waals surface area contributed by atoms with E-state index in [9.17, 15) is 19.2 Å². The van der Waals surface area contributed by atoms with Gasteiger partial charge in [0, 0.05) is 30.7 Å². The molecule has 0 saturated heterocycles. The summed E-state index contributed by atoms with van der Waals surface area (Å²) in [5, 5.41) is 8.17. The molecular weight excluding hydrogens is 346 g/mol. The van der Waals surface area contributed by atoms with Crippen LogP contribution in [0.1, 0.15) is 27.3 Å². The van der Waals surface area contributed by atoms with Crippen LogP contribution in [0, 0.1) is 0 Å². The van der Waals surface area contributed by atoms with Crippen molar-refractivity contribution in [2.45, 2.75) is 6.42 Å². The number of carbonyl (C=O) groups is 4. The molecule has 0 radical (unpaired) electrons. The number of thiophene rings is 1. The minimum absolute atomic E-state index is 0.0745. The predicted octanol–water partition coefficient (Wildman–Crippen LogP) is 0.706. The molecule has 0 aliphatic carbocycles. The number of nitrogens with zero attached hydrogens (tertiary/aromatic N) is 1. The summed E-state index contributed by atoms with van der Waals surface area (Å²) in [7, 11) is 1.67. The zero-order valence-electron chi connectivity index (χ0n) is 13.5. The number of nitrogens with one attached hydrogen (secondary N) is 2. The van der Waals surface area contributed by atoms with E-state index in [1.807, 2.05) is 0 Å². The van der Waals surface area contributed by atoms with Gasteiger partial charge in [-0.1, -0.05) is 0 Å². The van der Waals surface area contributed by atoms with Gasteiger partial charge in [-0.25, -0.2) is 0 Å². The summed E-state index contributed by atoms with van der Waals surface area (Å²) < 4.78 is 6.33. The maximum atomic E-state index is 11.8. The predicted molar refractivity (Wildman–Crippen MR) is 90.1 cm³/mol. The first-order valence-electron chi connectivity index (χ1n) is 7.39. The van der Waals surface area contributed by atoms with Crippen LogP contribution in [0.25, 0.3) is 0 Å². The fourth-order valence-corrected chi connectivity index (χ4v) is 2.55. The number of hydrogen-bond donors (Lipinski definition) is 2. The van der Waals surface area contributed by atoms with Gasteiger partial charge in [-0.15, -0.1) is 0 Å². The summed E-state index contributed by atoms with van der Waals surface area (Å²) in [6.45, 7) is -0.467. The molecule has 2 heterocycles. The van der Waals surface area contributed by atoms with Crippen LogP contribution in [0.2, 0.25) is 0 Å². The van der Waals surface area contributed by atoms with Crippen molar-refractivity contribution in [2.75, 3.05) is 13.2 Å². The van der Waals surface area contributed by atoms with E-state index in [1.54, 1.807) is 46.8 Å². The van der Waals surface area contributed by atoms with Crippen LogP contribution >= 0.6 is 11.3 Å². The Kier molecular flexibility index (Phi) is 6.47. The van der Waals surface area contributed by atoms with Gasteiger partial charge in [-0.3, -0.25) is 24.5 Å². The maximum absolute atomic E-state index is 11.8. The van der Waals surface area contributed by atoms with E-state index in [4.69, 9.17) is 4.74 Å². The van der Waals surface area contributed by atoms with Gasteiger partial charge >= 0.3 is 5.97 Å². The van der Waals surface area contributed by atoms with Crippen LogP contribution in [-0.2, 0) is 21.4 Å². The second-order valence-corrected chi connectivity index (χ2v) is 5.84. The molecule has 2 rings (SSSR count). The highest BCUT2D eigenvalue weighted by Crippen LogP contribution is 2.05. The summed E-state index contributed by atoms with van der Waals surface area (Å²) in [5.74, 6) is -2.22. The molecule has 25 heavy (non-hydrogen) atoms. The molecule has 0 spiro atoms. The summed E-state index contributed by atoms with van der Waals surface area (Å²) in [6.07, 6.45) is 1.60. The van der Waals surface area contributed by atoms with E-state index in [0.717, 1.165) is 0 Å². The number of imide groups is 1. The average molecular weight is 363 g/mol. The third kappa shape index (κ3) is 5.57. The summed E-state index contributed by atoms with van der Waals surface area (Å²) in [4.78, 5) is 46.6. The van der Waals surface area contributed by atoms with Crippen molar-refractivity contribution < 1.29 is 23.9 Å². The minimum Gasteiger partial charge on any atom is -0.456 e. The summed E-state index contributed by atoms with van der Waals surface area (Å²) in [6, 6.07) is 4.90. The monoisotopic (exact) mass is 363 g/mol. The highest BCUT2D eigenvalue weighted by Gasteiger charge is 2.14. The van der Waals surface area contributed by atoms with Crippen LogP contribution in [0.15, 0.2) is 35.2 Å². The Labute approximate surface area is 147 Å². The zero-order valence-corrected chi connectivity index (χ0v) is 14.3. The second kappa shape index (κ2) is 8.78. The molecule has 0 saturated carbocycles. The molecule has 0 aliphatic rings. The van der Waals surface area contributed by atoms with Crippen molar-refractivity contribution >= 4 is 35.0 Å². The first-order chi connectivity index (χ1) is 12.0. The van der Waals surface area contributed by atoms with E-state index in [-0.39, 0.29) is 18.9 Å². The topological polar surface area (TPSA) is 106 Å². The number of ether oxygens (including phenoxy) is 1. The Morgan fingerprint density at radius 2 is 2.00 bits per heavy atom. The van der Waals surface area contributed by atoms with Gasteiger partial charge in [0.2, 0.25) is 0 Å². The lowest BCUT2D eigenvalue weighted by atomic mass is 10.3. The SMILES string of the molecule is Cn1cccc1C(=O)NC(=O)COC(=O)CCNC(=O)c1ccsc1. The van der Waals surface area contributed by atoms with E-state index >= 15 is 0 Å². The first-order valence-corrected chi connectivity index (χ1v) is 8.33. The van der Waals surface area contributed by atoms with Crippen molar-refractivity contribution in [3.05, 3.63) is 46.4 Å². The van der Waals surface area contributed by atoms with Gasteiger partial charge in [-0.05, 0) is 23.6 Å². The van der Waals surface area contributed by atoms with E-state index < -0.39 is 24.4 Å². The van der Waals surface area contributed by atoms with Gasteiger partial charge < -0.3 is 14.6 Å². The maximum Gasteiger partial charge on any atom is 0.308 e. The molecule has 8 nitrogen and oxygen atoms in total.